The smallest absolute Gasteiger partial charge is 0.311 e. The molecule has 170 valence electrons. The second kappa shape index (κ2) is 9.41. The van der Waals surface area contributed by atoms with Gasteiger partial charge in [0.15, 0.2) is 0 Å². The Kier molecular flexibility index (Phi) is 7.07. The zero-order valence-electron chi connectivity index (χ0n) is 17.3. The second-order valence-electron chi connectivity index (χ2n) is 7.33. The molecule has 11 heteroatoms. The Morgan fingerprint density at radius 2 is 1.74 bits per heavy atom. The van der Waals surface area contributed by atoms with Gasteiger partial charge in [-0.3, -0.25) is 4.79 Å². The molecular weight excluding hydrogens is 446 g/mol. The van der Waals surface area contributed by atoms with Gasteiger partial charge in [0.2, 0.25) is 21.2 Å². The first-order valence-electron chi connectivity index (χ1n) is 9.85. The number of benzene rings is 1. The highest BCUT2D eigenvalue weighted by Gasteiger charge is 2.29. The van der Waals surface area contributed by atoms with Gasteiger partial charge >= 0.3 is 16.1 Å². The number of aryl methyl sites for hydroxylation is 1. The first kappa shape index (κ1) is 23.3. The van der Waals surface area contributed by atoms with E-state index in [4.69, 9.17) is 9.15 Å². The number of rotatable bonds is 8. The molecule has 0 aliphatic carbocycles. The van der Waals surface area contributed by atoms with Crippen molar-refractivity contribution in [2.45, 2.75) is 31.6 Å². The van der Waals surface area contributed by atoms with Crippen molar-refractivity contribution in [3.63, 3.8) is 0 Å². The summed E-state index contributed by atoms with van der Waals surface area (Å²) < 4.78 is 65.1. The maximum atomic E-state index is 12.8. The molecule has 9 nitrogen and oxygen atoms in total. The Morgan fingerprint density at radius 1 is 1.10 bits per heavy atom. The van der Waals surface area contributed by atoms with Crippen molar-refractivity contribution >= 4 is 20.1 Å². The topological polar surface area (TPSA) is 120 Å². The minimum Gasteiger partial charge on any atom is -0.486 e. The van der Waals surface area contributed by atoms with E-state index in [0.717, 1.165) is 17.9 Å². The largest absolute Gasteiger partial charge is 0.486 e. The monoisotopic (exact) mass is 471 g/mol. The van der Waals surface area contributed by atoms with Crippen molar-refractivity contribution in [3.8, 4) is 11.7 Å². The molecule has 1 aliphatic rings. The van der Waals surface area contributed by atoms with Gasteiger partial charge < -0.3 is 13.3 Å². The molecule has 0 atom stereocenters. The van der Waals surface area contributed by atoms with Crippen LogP contribution < -0.4 is 14.3 Å². The number of hydrogen-bond acceptors (Lipinski definition) is 8. The van der Waals surface area contributed by atoms with Gasteiger partial charge in [-0.05, 0) is 44.7 Å². The third-order valence-corrected chi connectivity index (χ3v) is 8.08. The highest BCUT2D eigenvalue weighted by Crippen LogP contribution is 2.25. The normalized spacial score (nSPS) is 16.2. The van der Waals surface area contributed by atoms with Gasteiger partial charge in [0, 0.05) is 13.1 Å². The van der Waals surface area contributed by atoms with Crippen molar-refractivity contribution in [1.82, 2.24) is 4.31 Å². The van der Waals surface area contributed by atoms with Gasteiger partial charge in [0.05, 0.1) is 23.3 Å². The molecule has 31 heavy (non-hydrogen) atoms. The van der Waals surface area contributed by atoms with Crippen LogP contribution in [0.4, 0.5) is 0 Å². The minimum atomic E-state index is -3.80. The quantitative estimate of drug-likeness (QED) is 0.537. The lowest BCUT2D eigenvalue weighted by atomic mass is 9.99. The zero-order valence-corrected chi connectivity index (χ0v) is 18.9. The van der Waals surface area contributed by atoms with E-state index < -0.39 is 31.5 Å². The summed E-state index contributed by atoms with van der Waals surface area (Å²) in [5, 5.41) is 0. The number of piperidine rings is 1. The summed E-state index contributed by atoms with van der Waals surface area (Å²) >= 11 is 0. The number of ether oxygens (including phenoxy) is 1. The average molecular weight is 472 g/mol. The van der Waals surface area contributed by atoms with Crippen molar-refractivity contribution in [3.05, 3.63) is 52.4 Å². The Balaban J connectivity index is 1.55. The fourth-order valence-electron chi connectivity index (χ4n) is 3.10. The molecule has 2 aromatic rings. The van der Waals surface area contributed by atoms with Gasteiger partial charge in [0.25, 0.3) is 0 Å². The number of sulfonamides is 1. The lowest BCUT2D eigenvalue weighted by Crippen LogP contribution is -2.39. The van der Waals surface area contributed by atoms with E-state index in [-0.39, 0.29) is 28.9 Å². The maximum absolute atomic E-state index is 12.8. The van der Waals surface area contributed by atoms with Crippen LogP contribution in [0.3, 0.4) is 0 Å². The van der Waals surface area contributed by atoms with E-state index >= 15 is 0 Å². The molecule has 0 bridgehead atoms. The summed E-state index contributed by atoms with van der Waals surface area (Å²) in [7, 11) is -7.33. The summed E-state index contributed by atoms with van der Waals surface area (Å²) in [6.45, 7) is 4.25. The summed E-state index contributed by atoms with van der Waals surface area (Å²) in [6.07, 6.45) is 2.19. The van der Waals surface area contributed by atoms with Crippen LogP contribution in [0.15, 0.2) is 50.7 Å². The Bertz CT molecular complexity index is 1160. The molecule has 1 aromatic carbocycles. The number of nitrogens with zero attached hydrogens (tertiary/aromatic N) is 1. The SMILES string of the molecule is CCS(=O)(=O)Oc1cc(=O)c(OCC2CCN(S(=O)(=O)c3ccc(C)cc3)CC2)co1. The van der Waals surface area contributed by atoms with E-state index in [1.165, 1.54) is 11.2 Å². The third kappa shape index (κ3) is 5.86. The van der Waals surface area contributed by atoms with Crippen LogP contribution in [0.2, 0.25) is 0 Å². The molecule has 2 heterocycles. The number of hydrogen-bond donors (Lipinski definition) is 0. The lowest BCUT2D eigenvalue weighted by Gasteiger charge is -2.31. The molecule has 0 saturated carbocycles. The third-order valence-electron chi connectivity index (χ3n) is 5.04. The highest BCUT2D eigenvalue weighted by atomic mass is 32.2. The van der Waals surface area contributed by atoms with Crippen LogP contribution in [-0.2, 0) is 20.1 Å². The van der Waals surface area contributed by atoms with Crippen LogP contribution in [0.25, 0.3) is 0 Å². The van der Waals surface area contributed by atoms with Gasteiger partial charge in [-0.15, -0.1) is 0 Å². The van der Waals surface area contributed by atoms with Crippen LogP contribution in [0.1, 0.15) is 25.3 Å². The average Bonchev–Trinajstić information content (AvgIpc) is 2.73. The van der Waals surface area contributed by atoms with E-state index in [1.54, 1.807) is 24.3 Å². The van der Waals surface area contributed by atoms with Crippen molar-refractivity contribution < 1.29 is 30.2 Å². The fraction of sp³-hybridized carbons (Fsp3) is 0.450. The molecule has 0 spiro atoms. The van der Waals surface area contributed by atoms with Crippen LogP contribution in [-0.4, -0.2) is 46.6 Å². The molecule has 0 unspecified atom stereocenters. The van der Waals surface area contributed by atoms with Gasteiger partial charge in [-0.1, -0.05) is 17.7 Å². The molecular formula is C20H25NO8S2. The molecule has 0 amide bonds. The Labute approximate surface area is 181 Å². The Morgan fingerprint density at radius 3 is 2.32 bits per heavy atom. The first-order chi connectivity index (χ1) is 14.6. The summed E-state index contributed by atoms with van der Waals surface area (Å²) in [6, 6.07) is 7.68. The van der Waals surface area contributed by atoms with E-state index in [2.05, 4.69) is 4.18 Å². The lowest BCUT2D eigenvalue weighted by molar-refractivity contribution is 0.180. The van der Waals surface area contributed by atoms with Gasteiger partial charge in [-0.25, -0.2) is 8.42 Å². The van der Waals surface area contributed by atoms with Gasteiger partial charge in [-0.2, -0.15) is 12.7 Å². The standard InChI is InChI=1S/C20H25NO8S2/c1-3-30(23,24)29-20-12-18(22)19(14-28-20)27-13-16-8-10-21(11-9-16)31(25,26)17-6-4-15(2)5-7-17/h4-7,12,14,16H,3,8-11,13H2,1-2H3. The fourth-order valence-corrected chi connectivity index (χ4v) is 5.02. The van der Waals surface area contributed by atoms with Crippen molar-refractivity contribution in [2.24, 2.45) is 5.92 Å². The maximum Gasteiger partial charge on any atom is 0.311 e. The zero-order chi connectivity index (χ0) is 22.6. The predicted octanol–water partition coefficient (Wildman–Crippen LogP) is 2.16. The second-order valence-corrected chi connectivity index (χ2v) is 11.1. The molecule has 1 aromatic heterocycles. The summed E-state index contributed by atoms with van der Waals surface area (Å²) in [4.78, 5) is 12.4. The molecule has 1 fully saturated rings. The van der Waals surface area contributed by atoms with Gasteiger partial charge in [0.1, 0.15) is 6.26 Å². The minimum absolute atomic E-state index is 0.0593. The molecule has 1 aliphatic heterocycles. The van der Waals surface area contributed by atoms with E-state index in [0.29, 0.717) is 25.9 Å². The van der Waals surface area contributed by atoms with Crippen LogP contribution in [0.5, 0.6) is 11.7 Å². The van der Waals surface area contributed by atoms with E-state index in [9.17, 15) is 21.6 Å². The molecule has 1 saturated heterocycles. The predicted molar refractivity (Wildman–Crippen MR) is 113 cm³/mol. The highest BCUT2D eigenvalue weighted by molar-refractivity contribution is 7.89. The van der Waals surface area contributed by atoms with E-state index in [1.807, 2.05) is 6.92 Å². The summed E-state index contributed by atoms with van der Waals surface area (Å²) in [5.41, 5.74) is 0.429. The molecule has 0 radical (unpaired) electrons. The van der Waals surface area contributed by atoms with Crippen molar-refractivity contribution in [2.75, 3.05) is 25.4 Å². The van der Waals surface area contributed by atoms with Crippen LogP contribution >= 0.6 is 0 Å². The first-order valence-corrected chi connectivity index (χ1v) is 12.9. The van der Waals surface area contributed by atoms with Crippen LogP contribution in [0, 0.1) is 12.8 Å². The molecule has 0 N–H and O–H groups in total. The Hall–Kier alpha value is -2.37. The summed E-state index contributed by atoms with van der Waals surface area (Å²) in [5.74, 6) is -0.669. The molecule has 3 rings (SSSR count). The van der Waals surface area contributed by atoms with Crippen molar-refractivity contribution in [1.29, 1.82) is 0 Å².